The molecule has 4 rings (SSSR count). The molecule has 0 unspecified atom stereocenters. The first kappa shape index (κ1) is 20.1. The maximum Gasteiger partial charge on any atom is 0.161 e. The molecular weight excluding hydrogens is 400 g/mol. The third-order valence-electron chi connectivity index (χ3n) is 4.78. The Balaban J connectivity index is 1.47. The van der Waals surface area contributed by atoms with Crippen molar-refractivity contribution >= 4 is 22.6 Å². The van der Waals surface area contributed by atoms with Gasteiger partial charge in [-0.15, -0.1) is 0 Å². The summed E-state index contributed by atoms with van der Waals surface area (Å²) in [6, 6.07) is 23.2. The predicted octanol–water partition coefficient (Wildman–Crippen LogP) is 5.75. The molecule has 0 saturated heterocycles. The Hall–Kier alpha value is -3.18. The quantitative estimate of drug-likeness (QED) is 0.322. The smallest absolute Gasteiger partial charge is 0.161 e. The number of methoxy groups -OCH3 is 1. The van der Waals surface area contributed by atoms with Gasteiger partial charge in [0.2, 0.25) is 0 Å². The molecule has 0 aliphatic rings. The molecule has 0 aliphatic heterocycles. The molecular formula is C24H23ClN2O3. The van der Waals surface area contributed by atoms with Crippen molar-refractivity contribution in [3.63, 3.8) is 0 Å². The van der Waals surface area contributed by atoms with Gasteiger partial charge in [-0.25, -0.2) is 4.98 Å². The predicted molar refractivity (Wildman–Crippen MR) is 119 cm³/mol. The van der Waals surface area contributed by atoms with Gasteiger partial charge >= 0.3 is 0 Å². The van der Waals surface area contributed by atoms with E-state index >= 15 is 0 Å². The Morgan fingerprint density at radius 3 is 2.33 bits per heavy atom. The zero-order valence-corrected chi connectivity index (χ0v) is 17.5. The summed E-state index contributed by atoms with van der Waals surface area (Å²) in [5.74, 6) is 2.96. The molecule has 154 valence electrons. The average Bonchev–Trinajstić information content (AvgIpc) is 3.14. The van der Waals surface area contributed by atoms with Crippen LogP contribution in [0.3, 0.4) is 0 Å². The SMILES string of the molecule is COc1ccccc1OCc1nc2ccccc2n1CCCOc1ccccc1Cl. The van der Waals surface area contributed by atoms with Gasteiger partial charge in [-0.2, -0.15) is 0 Å². The Labute approximate surface area is 180 Å². The molecule has 0 saturated carbocycles. The standard InChI is InChI=1S/C24H23ClN2O3/c1-28-22-13-6-7-14-23(22)30-17-24-26-19-10-3-4-11-20(19)27(24)15-8-16-29-21-12-5-2-9-18(21)25/h2-7,9-14H,8,15-17H2,1H3. The molecule has 0 N–H and O–H groups in total. The Kier molecular flexibility index (Phi) is 6.40. The van der Waals surface area contributed by atoms with E-state index in [4.69, 9.17) is 30.8 Å². The van der Waals surface area contributed by atoms with Crippen LogP contribution < -0.4 is 14.2 Å². The number of benzene rings is 3. The summed E-state index contributed by atoms with van der Waals surface area (Å²) >= 11 is 6.16. The second-order valence-corrected chi connectivity index (χ2v) is 7.15. The monoisotopic (exact) mass is 422 g/mol. The van der Waals surface area contributed by atoms with Crippen molar-refractivity contribution in [1.29, 1.82) is 0 Å². The van der Waals surface area contributed by atoms with E-state index in [1.807, 2.05) is 66.7 Å². The summed E-state index contributed by atoms with van der Waals surface area (Å²) in [7, 11) is 1.64. The van der Waals surface area contributed by atoms with Crippen molar-refractivity contribution in [2.75, 3.05) is 13.7 Å². The molecule has 0 atom stereocenters. The third-order valence-corrected chi connectivity index (χ3v) is 5.09. The summed E-state index contributed by atoms with van der Waals surface area (Å²) in [6.07, 6.45) is 0.813. The van der Waals surface area contributed by atoms with Crippen LogP contribution in [0.4, 0.5) is 0 Å². The number of halogens is 1. The van der Waals surface area contributed by atoms with Gasteiger partial charge in [0.05, 0.1) is 29.8 Å². The molecule has 0 spiro atoms. The fourth-order valence-corrected chi connectivity index (χ4v) is 3.52. The molecule has 3 aromatic carbocycles. The fraction of sp³-hybridized carbons (Fsp3) is 0.208. The highest BCUT2D eigenvalue weighted by atomic mass is 35.5. The van der Waals surface area contributed by atoms with E-state index in [0.717, 1.165) is 29.8 Å². The minimum atomic E-state index is 0.348. The van der Waals surface area contributed by atoms with E-state index in [1.54, 1.807) is 7.11 Å². The van der Waals surface area contributed by atoms with E-state index in [-0.39, 0.29) is 0 Å². The van der Waals surface area contributed by atoms with Gasteiger partial charge in [0.25, 0.3) is 0 Å². The molecule has 0 radical (unpaired) electrons. The van der Waals surface area contributed by atoms with Gasteiger partial charge in [-0.1, -0.05) is 48.0 Å². The number of imidazole rings is 1. The van der Waals surface area contributed by atoms with Crippen LogP contribution in [0.2, 0.25) is 5.02 Å². The zero-order chi connectivity index (χ0) is 20.8. The van der Waals surface area contributed by atoms with Crippen LogP contribution >= 0.6 is 11.6 Å². The second kappa shape index (κ2) is 9.55. The van der Waals surface area contributed by atoms with Gasteiger partial charge < -0.3 is 18.8 Å². The molecule has 0 fully saturated rings. The van der Waals surface area contributed by atoms with Crippen molar-refractivity contribution in [2.24, 2.45) is 0 Å². The van der Waals surface area contributed by atoms with E-state index in [2.05, 4.69) is 10.6 Å². The van der Waals surface area contributed by atoms with E-state index in [0.29, 0.717) is 35.5 Å². The summed E-state index contributed by atoms with van der Waals surface area (Å²) < 4.78 is 19.4. The molecule has 0 aliphatic carbocycles. The molecule has 4 aromatic rings. The Bertz CT molecular complexity index is 1130. The molecule has 0 amide bonds. The number of rotatable bonds is 9. The van der Waals surface area contributed by atoms with Crippen LogP contribution in [-0.4, -0.2) is 23.3 Å². The van der Waals surface area contributed by atoms with Crippen molar-refractivity contribution in [3.05, 3.63) is 83.6 Å². The van der Waals surface area contributed by atoms with Crippen LogP contribution in [0.25, 0.3) is 11.0 Å². The first-order chi connectivity index (χ1) is 14.8. The summed E-state index contributed by atoms with van der Waals surface area (Å²) in [4.78, 5) is 4.77. The molecule has 1 aromatic heterocycles. The fourth-order valence-electron chi connectivity index (χ4n) is 3.33. The number of para-hydroxylation sites is 5. The summed E-state index contributed by atoms with van der Waals surface area (Å²) in [5, 5.41) is 0.622. The first-order valence-electron chi connectivity index (χ1n) is 9.83. The normalized spacial score (nSPS) is 10.9. The van der Waals surface area contributed by atoms with Crippen LogP contribution in [0.15, 0.2) is 72.8 Å². The molecule has 6 heteroatoms. The number of hydrogen-bond acceptors (Lipinski definition) is 4. The minimum absolute atomic E-state index is 0.348. The maximum absolute atomic E-state index is 6.16. The first-order valence-corrected chi connectivity index (χ1v) is 10.2. The van der Waals surface area contributed by atoms with Crippen LogP contribution in [0.5, 0.6) is 17.2 Å². The van der Waals surface area contributed by atoms with Gasteiger partial charge in [-0.3, -0.25) is 0 Å². The van der Waals surface area contributed by atoms with E-state index < -0.39 is 0 Å². The highest BCUT2D eigenvalue weighted by molar-refractivity contribution is 6.32. The highest BCUT2D eigenvalue weighted by Gasteiger charge is 2.12. The van der Waals surface area contributed by atoms with E-state index in [9.17, 15) is 0 Å². The largest absolute Gasteiger partial charge is 0.493 e. The van der Waals surface area contributed by atoms with Crippen LogP contribution in [-0.2, 0) is 13.2 Å². The third kappa shape index (κ3) is 4.52. The zero-order valence-electron chi connectivity index (χ0n) is 16.8. The van der Waals surface area contributed by atoms with E-state index in [1.165, 1.54) is 0 Å². The van der Waals surface area contributed by atoms with Gasteiger partial charge in [-0.05, 0) is 42.8 Å². The minimum Gasteiger partial charge on any atom is -0.493 e. The highest BCUT2D eigenvalue weighted by Crippen LogP contribution is 2.27. The van der Waals surface area contributed by atoms with Gasteiger partial charge in [0.15, 0.2) is 11.5 Å². The maximum atomic E-state index is 6.16. The lowest BCUT2D eigenvalue weighted by atomic mass is 10.3. The Morgan fingerprint density at radius 1 is 0.833 bits per heavy atom. The van der Waals surface area contributed by atoms with Crippen LogP contribution in [0.1, 0.15) is 12.2 Å². The molecule has 1 heterocycles. The van der Waals surface area contributed by atoms with Crippen molar-refractivity contribution in [2.45, 2.75) is 19.6 Å². The Morgan fingerprint density at radius 2 is 1.53 bits per heavy atom. The van der Waals surface area contributed by atoms with Gasteiger partial charge in [0.1, 0.15) is 18.2 Å². The molecule has 5 nitrogen and oxygen atoms in total. The van der Waals surface area contributed by atoms with Crippen molar-refractivity contribution in [3.8, 4) is 17.2 Å². The number of fused-ring (bicyclic) bond motifs is 1. The number of aryl methyl sites for hydroxylation is 1. The molecule has 0 bridgehead atoms. The number of aromatic nitrogens is 2. The number of ether oxygens (including phenoxy) is 3. The van der Waals surface area contributed by atoms with Crippen molar-refractivity contribution in [1.82, 2.24) is 9.55 Å². The van der Waals surface area contributed by atoms with Gasteiger partial charge in [0, 0.05) is 6.54 Å². The lowest BCUT2D eigenvalue weighted by Gasteiger charge is -2.13. The lowest BCUT2D eigenvalue weighted by Crippen LogP contribution is -2.10. The molecule has 30 heavy (non-hydrogen) atoms. The topological polar surface area (TPSA) is 45.5 Å². The number of nitrogens with zero attached hydrogens (tertiary/aromatic N) is 2. The average molecular weight is 423 g/mol. The lowest BCUT2D eigenvalue weighted by molar-refractivity contribution is 0.267. The summed E-state index contributed by atoms with van der Waals surface area (Å²) in [5.41, 5.74) is 2.03. The summed E-state index contributed by atoms with van der Waals surface area (Å²) in [6.45, 7) is 1.67. The van der Waals surface area contributed by atoms with Crippen LogP contribution in [0, 0.1) is 0 Å². The van der Waals surface area contributed by atoms with Crippen molar-refractivity contribution < 1.29 is 14.2 Å². The second-order valence-electron chi connectivity index (χ2n) is 6.74. The number of hydrogen-bond donors (Lipinski definition) is 0.